The van der Waals surface area contributed by atoms with Gasteiger partial charge >= 0.3 is 0 Å². The van der Waals surface area contributed by atoms with Crippen molar-refractivity contribution in [2.75, 3.05) is 33.3 Å². The molecule has 0 saturated carbocycles. The first-order chi connectivity index (χ1) is 13.6. The van der Waals surface area contributed by atoms with Gasteiger partial charge in [0.05, 0.1) is 11.8 Å². The average molecular weight is 385 g/mol. The third-order valence-electron chi connectivity index (χ3n) is 5.94. The molecule has 1 N–H and O–H groups in total. The van der Waals surface area contributed by atoms with Gasteiger partial charge in [0.2, 0.25) is 0 Å². The van der Waals surface area contributed by atoms with E-state index in [9.17, 15) is 8.78 Å². The maximum atomic E-state index is 13.5. The Morgan fingerprint density at radius 1 is 1.04 bits per heavy atom. The molecular weight excluding hydrogens is 360 g/mol. The number of halogens is 2. The molecule has 6 heteroatoms. The number of rotatable bonds is 4. The van der Waals surface area contributed by atoms with Crippen LogP contribution in [0.5, 0.6) is 0 Å². The van der Waals surface area contributed by atoms with Gasteiger partial charge in [0.25, 0.3) is 0 Å². The predicted molar refractivity (Wildman–Crippen MR) is 105 cm³/mol. The Morgan fingerprint density at radius 2 is 1.64 bits per heavy atom. The van der Waals surface area contributed by atoms with Gasteiger partial charge < -0.3 is 10.2 Å². The lowest BCUT2D eigenvalue weighted by atomic mass is 9.78. The Morgan fingerprint density at radius 3 is 2.21 bits per heavy atom. The number of oxime groups is 1. The lowest BCUT2D eigenvalue weighted by molar-refractivity contribution is 0.198. The molecule has 4 rings (SSSR count). The Kier molecular flexibility index (Phi) is 5.42. The smallest absolute Gasteiger partial charge is 0.123 e. The lowest BCUT2D eigenvalue weighted by Crippen LogP contribution is -2.49. The Balaban J connectivity index is 1.68. The van der Waals surface area contributed by atoms with Crippen LogP contribution in [0.2, 0.25) is 0 Å². The first-order valence-electron chi connectivity index (χ1n) is 9.67. The van der Waals surface area contributed by atoms with Crippen molar-refractivity contribution in [2.24, 2.45) is 10.6 Å². The summed E-state index contributed by atoms with van der Waals surface area (Å²) >= 11 is 0. The largest absolute Gasteiger partial charge is 0.399 e. The minimum atomic E-state index is -0.259. The topological polar surface area (TPSA) is 36.9 Å². The zero-order chi connectivity index (χ0) is 19.6. The maximum absolute atomic E-state index is 13.5. The Bertz CT molecular complexity index is 792. The van der Waals surface area contributed by atoms with E-state index in [1.165, 1.54) is 24.3 Å². The second-order valence-electron chi connectivity index (χ2n) is 7.65. The number of nitrogens with zero attached hydrogens (tertiary/aromatic N) is 2. The highest BCUT2D eigenvalue weighted by Gasteiger charge is 2.46. The zero-order valence-electron chi connectivity index (χ0n) is 16.0. The van der Waals surface area contributed by atoms with Crippen molar-refractivity contribution in [3.63, 3.8) is 0 Å². The van der Waals surface area contributed by atoms with Crippen molar-refractivity contribution in [2.45, 2.75) is 18.9 Å². The third kappa shape index (κ3) is 3.66. The molecule has 2 aliphatic rings. The van der Waals surface area contributed by atoms with Crippen LogP contribution < -0.4 is 5.32 Å². The van der Waals surface area contributed by atoms with Crippen molar-refractivity contribution in [3.8, 4) is 0 Å². The summed E-state index contributed by atoms with van der Waals surface area (Å²) in [6.07, 6.45) is 1.85. The van der Waals surface area contributed by atoms with E-state index in [1.807, 2.05) is 24.3 Å². The van der Waals surface area contributed by atoms with Crippen LogP contribution in [0.15, 0.2) is 53.7 Å². The first kappa shape index (κ1) is 19.0. The molecule has 4 nitrogen and oxygen atoms in total. The van der Waals surface area contributed by atoms with Gasteiger partial charge in [-0.25, -0.2) is 8.78 Å². The van der Waals surface area contributed by atoms with Crippen LogP contribution in [0, 0.1) is 17.0 Å². The van der Waals surface area contributed by atoms with Crippen LogP contribution in [0.25, 0.3) is 0 Å². The molecule has 1 spiro atoms. The van der Waals surface area contributed by atoms with Crippen LogP contribution >= 0.6 is 0 Å². The highest BCUT2D eigenvalue weighted by Crippen LogP contribution is 2.41. The average Bonchev–Trinajstić information content (AvgIpc) is 3.11. The van der Waals surface area contributed by atoms with Gasteiger partial charge in [-0.3, -0.25) is 4.90 Å². The highest BCUT2D eigenvalue weighted by molar-refractivity contribution is 5.91. The molecule has 0 aromatic heterocycles. The van der Waals surface area contributed by atoms with E-state index in [2.05, 4.69) is 15.4 Å². The number of likely N-dealkylation sites (tertiary alicyclic amines) is 1. The number of nitrogens with one attached hydrogen (secondary N) is 1. The number of hydrogen-bond acceptors (Lipinski definition) is 4. The normalized spacial score (nSPS) is 24.4. The van der Waals surface area contributed by atoms with Gasteiger partial charge in [0.1, 0.15) is 18.7 Å². The summed E-state index contributed by atoms with van der Waals surface area (Å²) in [6.45, 7) is 3.47. The molecule has 148 valence electrons. The number of benzene rings is 2. The second kappa shape index (κ2) is 7.97. The van der Waals surface area contributed by atoms with Crippen LogP contribution in [0.1, 0.15) is 30.0 Å². The Hall–Kier alpha value is -2.31. The summed E-state index contributed by atoms with van der Waals surface area (Å²) in [5.74, 6) is -0.518. The van der Waals surface area contributed by atoms with Gasteiger partial charge in [-0.1, -0.05) is 29.4 Å². The third-order valence-corrected chi connectivity index (χ3v) is 5.94. The van der Waals surface area contributed by atoms with Crippen molar-refractivity contribution < 1.29 is 13.6 Å². The fourth-order valence-corrected chi connectivity index (χ4v) is 4.56. The quantitative estimate of drug-likeness (QED) is 0.815. The molecule has 0 amide bonds. The van der Waals surface area contributed by atoms with E-state index in [4.69, 9.17) is 4.84 Å². The van der Waals surface area contributed by atoms with E-state index >= 15 is 0 Å². The highest BCUT2D eigenvalue weighted by atomic mass is 19.1. The molecule has 0 bridgehead atoms. The van der Waals surface area contributed by atoms with Crippen LogP contribution in [0.4, 0.5) is 8.78 Å². The van der Waals surface area contributed by atoms with Crippen molar-refractivity contribution in [1.29, 1.82) is 0 Å². The fourth-order valence-electron chi connectivity index (χ4n) is 4.56. The summed E-state index contributed by atoms with van der Waals surface area (Å²) in [4.78, 5) is 7.51. The minimum Gasteiger partial charge on any atom is -0.399 e. The molecule has 28 heavy (non-hydrogen) atoms. The summed E-state index contributed by atoms with van der Waals surface area (Å²) in [5.41, 5.74) is 3.04. The molecule has 2 aromatic rings. The number of piperidine rings is 1. The monoisotopic (exact) mass is 385 g/mol. The maximum Gasteiger partial charge on any atom is 0.123 e. The molecule has 2 aliphatic heterocycles. The molecule has 2 aromatic carbocycles. The molecule has 1 atom stereocenters. The molecule has 2 heterocycles. The van der Waals surface area contributed by atoms with Crippen molar-refractivity contribution >= 4 is 5.71 Å². The van der Waals surface area contributed by atoms with E-state index < -0.39 is 0 Å². The van der Waals surface area contributed by atoms with Gasteiger partial charge in [0, 0.05) is 38.0 Å². The van der Waals surface area contributed by atoms with Crippen molar-refractivity contribution in [1.82, 2.24) is 10.2 Å². The molecule has 2 fully saturated rings. The zero-order valence-corrected chi connectivity index (χ0v) is 16.0. The molecule has 0 aliphatic carbocycles. The summed E-state index contributed by atoms with van der Waals surface area (Å²) < 4.78 is 27.0. The second-order valence-corrected chi connectivity index (χ2v) is 7.65. The van der Waals surface area contributed by atoms with E-state index in [0.29, 0.717) is 0 Å². The predicted octanol–water partition coefficient (Wildman–Crippen LogP) is 3.74. The lowest BCUT2D eigenvalue weighted by Gasteiger charge is -2.36. The van der Waals surface area contributed by atoms with Gasteiger partial charge in [-0.15, -0.1) is 0 Å². The molecule has 0 unspecified atom stereocenters. The summed E-state index contributed by atoms with van der Waals surface area (Å²) in [5, 5.41) is 7.83. The van der Waals surface area contributed by atoms with Gasteiger partial charge in [0.15, 0.2) is 0 Å². The van der Waals surface area contributed by atoms with Crippen LogP contribution in [-0.2, 0) is 4.84 Å². The summed E-state index contributed by atoms with van der Waals surface area (Å²) in [7, 11) is 1.59. The first-order valence-corrected chi connectivity index (χ1v) is 9.67. The van der Waals surface area contributed by atoms with Crippen LogP contribution in [-0.4, -0.2) is 43.9 Å². The SMILES string of the molecule is CON=C1CCNC[C@]12CCN(C(c1ccc(F)cc1)c1ccc(F)cc1)C2. The van der Waals surface area contributed by atoms with Crippen molar-refractivity contribution in [3.05, 3.63) is 71.3 Å². The van der Waals surface area contributed by atoms with Crippen LogP contribution in [0.3, 0.4) is 0 Å². The number of hydrogen-bond donors (Lipinski definition) is 1. The van der Waals surface area contributed by atoms with E-state index in [1.54, 1.807) is 7.11 Å². The van der Waals surface area contributed by atoms with Gasteiger partial charge in [-0.2, -0.15) is 0 Å². The van der Waals surface area contributed by atoms with E-state index in [0.717, 1.165) is 55.9 Å². The van der Waals surface area contributed by atoms with E-state index in [-0.39, 0.29) is 23.1 Å². The fraction of sp³-hybridized carbons (Fsp3) is 0.409. The molecule has 0 radical (unpaired) electrons. The summed E-state index contributed by atoms with van der Waals surface area (Å²) in [6, 6.07) is 13.1. The minimum absolute atomic E-state index is 0.0629. The molecule has 2 saturated heterocycles. The standard InChI is InChI=1S/C22H25F2N3O/c1-28-26-20-10-12-25-14-22(20)11-13-27(15-22)21(16-2-6-18(23)7-3-16)17-4-8-19(24)9-5-17/h2-9,21,25H,10-15H2,1H3/t22-/m0/s1. The molecular formula is C22H25F2N3O. The van der Waals surface area contributed by atoms with Gasteiger partial charge in [-0.05, 0) is 41.8 Å². The Labute approximate surface area is 164 Å².